The number of oxazole rings is 1. The molecule has 1 unspecified atom stereocenters. The molecule has 174 valence electrons. The van der Waals surface area contributed by atoms with E-state index in [1.165, 1.54) is 6.26 Å². The van der Waals surface area contributed by atoms with E-state index in [0.717, 1.165) is 45.2 Å². The van der Waals surface area contributed by atoms with Crippen LogP contribution in [0, 0.1) is 17.2 Å². The largest absolute Gasteiger partial charge is 0.459 e. The lowest BCUT2D eigenvalue weighted by atomic mass is 9.92. The molecule has 0 bridgehead atoms. The average Bonchev–Trinajstić information content (AvgIpc) is 3.64. The van der Waals surface area contributed by atoms with Crippen LogP contribution in [0.2, 0.25) is 0 Å². The normalized spacial score (nSPS) is 21.9. The van der Waals surface area contributed by atoms with Crippen molar-refractivity contribution in [3.8, 4) is 17.7 Å². The maximum Gasteiger partial charge on any atom is 0.266 e. The Hall–Kier alpha value is -3.28. The molecule has 0 spiro atoms. The molecule has 5 heterocycles. The number of piperidine rings is 2. The van der Waals surface area contributed by atoms with Crippen molar-refractivity contribution in [2.45, 2.75) is 51.0 Å². The topological polar surface area (TPSA) is 107 Å². The minimum Gasteiger partial charge on any atom is -0.459 e. The fourth-order valence-corrected chi connectivity index (χ4v) is 5.27. The number of furan rings is 1. The van der Waals surface area contributed by atoms with Crippen LogP contribution in [0.25, 0.3) is 11.7 Å². The highest BCUT2D eigenvalue weighted by Gasteiger charge is 2.39. The smallest absolute Gasteiger partial charge is 0.266 e. The lowest BCUT2D eigenvalue weighted by molar-refractivity contribution is -0.150. The molecule has 3 aliphatic heterocycles. The summed E-state index contributed by atoms with van der Waals surface area (Å²) in [7, 11) is 0. The van der Waals surface area contributed by atoms with E-state index < -0.39 is 0 Å². The van der Waals surface area contributed by atoms with Crippen molar-refractivity contribution < 1.29 is 18.4 Å². The maximum atomic E-state index is 13.4. The van der Waals surface area contributed by atoms with Crippen molar-refractivity contribution in [2.24, 2.45) is 5.92 Å². The predicted molar refractivity (Wildman–Crippen MR) is 119 cm³/mol. The number of hydrogen-bond acceptors (Lipinski definition) is 7. The van der Waals surface area contributed by atoms with Gasteiger partial charge in [0.25, 0.3) is 5.89 Å². The van der Waals surface area contributed by atoms with E-state index in [9.17, 15) is 14.9 Å². The number of amides is 2. The predicted octanol–water partition coefficient (Wildman–Crippen LogP) is 3.03. The van der Waals surface area contributed by atoms with Crippen LogP contribution in [0.15, 0.2) is 27.2 Å². The lowest BCUT2D eigenvalue weighted by Gasteiger charge is -2.40. The second-order valence-electron chi connectivity index (χ2n) is 9.10. The van der Waals surface area contributed by atoms with E-state index in [-0.39, 0.29) is 35.4 Å². The zero-order chi connectivity index (χ0) is 22.8. The molecule has 9 nitrogen and oxygen atoms in total. The zero-order valence-electron chi connectivity index (χ0n) is 18.7. The summed E-state index contributed by atoms with van der Waals surface area (Å²) in [6.07, 6.45) is 7.66. The Balaban J connectivity index is 1.25. The average molecular weight is 452 g/mol. The van der Waals surface area contributed by atoms with Crippen molar-refractivity contribution in [1.29, 1.82) is 5.26 Å². The molecule has 0 N–H and O–H groups in total. The van der Waals surface area contributed by atoms with Gasteiger partial charge in [0.15, 0.2) is 5.76 Å². The fraction of sp³-hybridized carbons (Fsp3) is 0.583. The Labute approximate surface area is 192 Å². The van der Waals surface area contributed by atoms with E-state index in [1.54, 1.807) is 12.1 Å². The van der Waals surface area contributed by atoms with Gasteiger partial charge in [0.1, 0.15) is 12.1 Å². The third-order valence-corrected chi connectivity index (χ3v) is 7.07. The first-order valence-corrected chi connectivity index (χ1v) is 11.9. The molecule has 3 saturated heterocycles. The van der Waals surface area contributed by atoms with Gasteiger partial charge in [-0.3, -0.25) is 9.59 Å². The monoisotopic (exact) mass is 451 g/mol. The van der Waals surface area contributed by atoms with Gasteiger partial charge in [-0.1, -0.05) is 0 Å². The molecule has 3 fully saturated rings. The van der Waals surface area contributed by atoms with E-state index >= 15 is 0 Å². The van der Waals surface area contributed by atoms with Gasteiger partial charge in [-0.2, -0.15) is 10.2 Å². The third kappa shape index (κ3) is 4.22. The van der Waals surface area contributed by atoms with Gasteiger partial charge in [-0.25, -0.2) is 0 Å². The second-order valence-corrected chi connectivity index (χ2v) is 9.10. The highest BCUT2D eigenvalue weighted by atomic mass is 16.4. The Bertz CT molecular complexity index is 1030. The van der Waals surface area contributed by atoms with Crippen LogP contribution in [-0.2, 0) is 9.59 Å². The number of nitrogens with zero attached hydrogens (tertiary/aromatic N) is 5. The van der Waals surface area contributed by atoms with Crippen LogP contribution < -0.4 is 4.90 Å². The highest BCUT2D eigenvalue weighted by Crippen LogP contribution is 2.32. The van der Waals surface area contributed by atoms with Gasteiger partial charge in [-0.05, 0) is 57.1 Å². The zero-order valence-corrected chi connectivity index (χ0v) is 18.7. The molecule has 1 atom stereocenters. The van der Waals surface area contributed by atoms with E-state index in [4.69, 9.17) is 8.83 Å². The van der Waals surface area contributed by atoms with Crippen LogP contribution in [0.1, 0.15) is 50.6 Å². The molecule has 9 heteroatoms. The molecule has 5 rings (SSSR count). The standard InChI is InChI=1S/C24H29N5O4/c25-16-18-24(33-21(26-18)20-7-5-15-32-20)28-13-8-17(9-14-28)22(30)29-12-2-1-6-19(29)23(31)27-10-3-4-11-27/h5,7,15,17,19H,1-4,6,8-14H2. The van der Waals surface area contributed by atoms with Gasteiger partial charge in [0, 0.05) is 38.6 Å². The molecular weight excluding hydrogens is 422 g/mol. The van der Waals surface area contributed by atoms with Gasteiger partial charge < -0.3 is 23.5 Å². The molecule has 0 radical (unpaired) electrons. The lowest BCUT2D eigenvalue weighted by Crippen LogP contribution is -2.55. The number of carbonyl (C=O) groups excluding carboxylic acids is 2. The molecule has 0 aliphatic carbocycles. The number of hydrogen-bond donors (Lipinski definition) is 0. The Morgan fingerprint density at radius 3 is 2.45 bits per heavy atom. The first-order chi connectivity index (χ1) is 16.2. The molecule has 3 aliphatic rings. The third-order valence-electron chi connectivity index (χ3n) is 7.07. The van der Waals surface area contributed by atoms with Crippen molar-refractivity contribution >= 4 is 17.7 Å². The quantitative estimate of drug-likeness (QED) is 0.703. The minimum absolute atomic E-state index is 0.0984. The van der Waals surface area contributed by atoms with Gasteiger partial charge in [0.2, 0.25) is 23.4 Å². The van der Waals surface area contributed by atoms with Crippen molar-refractivity contribution in [3.05, 3.63) is 24.1 Å². The molecule has 2 aromatic heterocycles. The SMILES string of the molecule is N#Cc1nc(-c2ccco2)oc1N1CCC(C(=O)N2CCCCC2C(=O)N2CCCC2)CC1. The first-order valence-electron chi connectivity index (χ1n) is 11.9. The summed E-state index contributed by atoms with van der Waals surface area (Å²) in [6.45, 7) is 3.48. The number of aromatic nitrogens is 1. The summed E-state index contributed by atoms with van der Waals surface area (Å²) in [6, 6.07) is 5.27. The Kier molecular flexibility index (Phi) is 6.07. The summed E-state index contributed by atoms with van der Waals surface area (Å²) < 4.78 is 11.2. The molecule has 2 amide bonds. The minimum atomic E-state index is -0.308. The fourth-order valence-electron chi connectivity index (χ4n) is 5.27. The number of anilines is 1. The van der Waals surface area contributed by atoms with Crippen LogP contribution in [0.3, 0.4) is 0 Å². The molecule has 2 aromatic rings. The van der Waals surface area contributed by atoms with Crippen LogP contribution in [0.4, 0.5) is 5.88 Å². The van der Waals surface area contributed by atoms with Gasteiger partial charge >= 0.3 is 0 Å². The molecule has 33 heavy (non-hydrogen) atoms. The Morgan fingerprint density at radius 2 is 1.76 bits per heavy atom. The number of rotatable bonds is 4. The maximum absolute atomic E-state index is 13.4. The summed E-state index contributed by atoms with van der Waals surface area (Å²) in [4.78, 5) is 36.5. The van der Waals surface area contributed by atoms with Crippen molar-refractivity contribution in [3.63, 3.8) is 0 Å². The van der Waals surface area contributed by atoms with Crippen LogP contribution >= 0.6 is 0 Å². The van der Waals surface area contributed by atoms with Gasteiger partial charge in [-0.15, -0.1) is 0 Å². The molecular formula is C24H29N5O4. The van der Waals surface area contributed by atoms with Crippen molar-refractivity contribution in [1.82, 2.24) is 14.8 Å². The van der Waals surface area contributed by atoms with Gasteiger partial charge in [0.05, 0.1) is 6.26 Å². The highest BCUT2D eigenvalue weighted by molar-refractivity contribution is 5.89. The van der Waals surface area contributed by atoms with E-state index in [0.29, 0.717) is 44.1 Å². The molecule has 0 aromatic carbocycles. The first kappa shape index (κ1) is 21.6. The van der Waals surface area contributed by atoms with Crippen molar-refractivity contribution in [2.75, 3.05) is 37.6 Å². The Morgan fingerprint density at radius 1 is 1.00 bits per heavy atom. The summed E-state index contributed by atoms with van der Waals surface area (Å²) in [5, 5.41) is 9.51. The number of carbonyl (C=O) groups is 2. The van der Waals surface area contributed by atoms with Crippen LogP contribution in [-0.4, -0.2) is 65.4 Å². The summed E-state index contributed by atoms with van der Waals surface area (Å²) in [5.74, 6) is 1.29. The number of likely N-dealkylation sites (tertiary alicyclic amines) is 2. The second kappa shape index (κ2) is 9.30. The summed E-state index contributed by atoms with van der Waals surface area (Å²) in [5.41, 5.74) is 0.221. The molecule has 0 saturated carbocycles. The summed E-state index contributed by atoms with van der Waals surface area (Å²) >= 11 is 0. The van der Waals surface area contributed by atoms with E-state index in [1.807, 2.05) is 14.7 Å². The number of nitriles is 1. The van der Waals surface area contributed by atoms with Crippen LogP contribution in [0.5, 0.6) is 0 Å². The van der Waals surface area contributed by atoms with E-state index in [2.05, 4.69) is 11.1 Å².